The van der Waals surface area contributed by atoms with Crippen LogP contribution in [0.4, 0.5) is 10.8 Å². The molecule has 0 saturated heterocycles. The Hall–Kier alpha value is -1.89. The molecule has 0 radical (unpaired) electrons. The summed E-state index contributed by atoms with van der Waals surface area (Å²) in [5.41, 5.74) is 6.60. The van der Waals surface area contributed by atoms with Crippen molar-refractivity contribution in [3.05, 3.63) is 22.5 Å². The Labute approximate surface area is 150 Å². The topological polar surface area (TPSA) is 85.8 Å². The van der Waals surface area contributed by atoms with Crippen LogP contribution in [0.25, 0.3) is 0 Å². The monoisotopic (exact) mass is 355 g/mol. The molecular weight excluding hydrogens is 322 g/mol. The zero-order valence-corrected chi connectivity index (χ0v) is 17.3. The summed E-state index contributed by atoms with van der Waals surface area (Å²) >= 11 is 1.43. The Balaban J connectivity index is 0. The number of anilines is 2. The summed E-state index contributed by atoms with van der Waals surface area (Å²) in [6.45, 7) is 15.9. The summed E-state index contributed by atoms with van der Waals surface area (Å²) in [4.78, 5) is 15.5. The predicted molar refractivity (Wildman–Crippen MR) is 105 cm³/mol. The highest BCUT2D eigenvalue weighted by molar-refractivity contribution is 7.16. The van der Waals surface area contributed by atoms with E-state index in [0.717, 1.165) is 17.0 Å². The lowest BCUT2D eigenvalue weighted by molar-refractivity contribution is 0.0997. The molecule has 0 aromatic carbocycles. The van der Waals surface area contributed by atoms with Crippen molar-refractivity contribution in [2.45, 2.75) is 61.8 Å². The van der Waals surface area contributed by atoms with Gasteiger partial charge in [-0.3, -0.25) is 9.48 Å². The van der Waals surface area contributed by atoms with Gasteiger partial charge < -0.3 is 11.1 Å². The number of hydrogen-bond acceptors (Lipinski definition) is 5. The number of nitrogens with one attached hydrogen (secondary N) is 1. The molecule has 0 atom stereocenters. The number of carbonyl (C=O) groups is 1. The SMILES string of the molecule is CC.CC.CC.CCc1nc(C(N)=O)c(Nc2nn(C)cc2C)s1. The van der Waals surface area contributed by atoms with Gasteiger partial charge >= 0.3 is 0 Å². The van der Waals surface area contributed by atoms with Gasteiger partial charge in [-0.15, -0.1) is 11.3 Å². The maximum absolute atomic E-state index is 11.3. The molecule has 138 valence electrons. The molecule has 0 aliphatic carbocycles. The highest BCUT2D eigenvalue weighted by Gasteiger charge is 2.16. The molecule has 0 aliphatic rings. The maximum Gasteiger partial charge on any atom is 0.270 e. The maximum atomic E-state index is 11.3. The molecule has 0 bridgehead atoms. The molecule has 0 fully saturated rings. The zero-order valence-electron chi connectivity index (χ0n) is 16.5. The van der Waals surface area contributed by atoms with Crippen LogP contribution in [0.15, 0.2) is 6.20 Å². The van der Waals surface area contributed by atoms with Crippen LogP contribution in [0.1, 0.15) is 69.5 Å². The first kappa shape index (κ1) is 24.4. The van der Waals surface area contributed by atoms with Crippen LogP contribution in [-0.2, 0) is 13.5 Å². The van der Waals surface area contributed by atoms with Gasteiger partial charge in [0.05, 0.1) is 5.01 Å². The first-order valence-electron chi connectivity index (χ1n) is 8.58. The van der Waals surface area contributed by atoms with E-state index in [4.69, 9.17) is 5.73 Å². The molecule has 0 unspecified atom stereocenters. The Morgan fingerprint density at radius 2 is 1.79 bits per heavy atom. The van der Waals surface area contributed by atoms with Crippen molar-refractivity contribution in [3.8, 4) is 0 Å². The normalized spacial score (nSPS) is 8.71. The van der Waals surface area contributed by atoms with E-state index in [1.54, 1.807) is 4.68 Å². The van der Waals surface area contributed by atoms with Gasteiger partial charge in [0.15, 0.2) is 11.5 Å². The molecular formula is C17H33N5OS. The molecule has 3 N–H and O–H groups in total. The Kier molecular flexibility index (Phi) is 13.7. The Morgan fingerprint density at radius 1 is 1.25 bits per heavy atom. The number of amides is 1. The summed E-state index contributed by atoms with van der Waals surface area (Å²) in [5, 5.41) is 8.92. The van der Waals surface area contributed by atoms with Crippen molar-refractivity contribution < 1.29 is 4.79 Å². The number of nitrogens with zero attached hydrogens (tertiary/aromatic N) is 3. The van der Waals surface area contributed by atoms with E-state index in [1.807, 2.05) is 68.6 Å². The van der Waals surface area contributed by atoms with Crippen molar-refractivity contribution >= 4 is 28.1 Å². The summed E-state index contributed by atoms with van der Waals surface area (Å²) in [6, 6.07) is 0. The average Bonchev–Trinajstić information content (AvgIpc) is 3.16. The number of primary amides is 1. The lowest BCUT2D eigenvalue weighted by Gasteiger charge is -2.01. The van der Waals surface area contributed by atoms with Crippen LogP contribution in [-0.4, -0.2) is 20.7 Å². The number of aryl methyl sites for hydroxylation is 3. The number of carbonyl (C=O) groups excluding carboxylic acids is 1. The number of rotatable bonds is 4. The van der Waals surface area contributed by atoms with Gasteiger partial charge in [0.2, 0.25) is 0 Å². The average molecular weight is 356 g/mol. The van der Waals surface area contributed by atoms with Crippen LogP contribution in [0.5, 0.6) is 0 Å². The quantitative estimate of drug-likeness (QED) is 0.834. The molecule has 2 aromatic heterocycles. The molecule has 2 rings (SSSR count). The number of thiazole rings is 1. The number of aromatic nitrogens is 3. The minimum absolute atomic E-state index is 0.280. The molecule has 1 amide bonds. The zero-order chi connectivity index (χ0) is 19.3. The molecule has 6 nitrogen and oxygen atoms in total. The smallest absolute Gasteiger partial charge is 0.270 e. The number of hydrogen-bond donors (Lipinski definition) is 2. The van der Waals surface area contributed by atoms with E-state index in [1.165, 1.54) is 11.3 Å². The summed E-state index contributed by atoms with van der Waals surface area (Å²) in [7, 11) is 1.84. The third kappa shape index (κ3) is 7.12. The van der Waals surface area contributed by atoms with Crippen LogP contribution in [0.3, 0.4) is 0 Å². The third-order valence-electron chi connectivity index (χ3n) is 2.45. The van der Waals surface area contributed by atoms with Crippen molar-refractivity contribution in [2.75, 3.05) is 5.32 Å². The first-order chi connectivity index (χ1) is 11.5. The second kappa shape index (κ2) is 13.5. The molecule has 0 saturated carbocycles. The largest absolute Gasteiger partial charge is 0.364 e. The molecule has 24 heavy (non-hydrogen) atoms. The highest BCUT2D eigenvalue weighted by atomic mass is 32.1. The van der Waals surface area contributed by atoms with Gasteiger partial charge in [0.1, 0.15) is 5.00 Å². The third-order valence-corrected chi connectivity index (χ3v) is 3.57. The Morgan fingerprint density at radius 3 is 2.17 bits per heavy atom. The van der Waals surface area contributed by atoms with Gasteiger partial charge in [0, 0.05) is 18.8 Å². The predicted octanol–water partition coefficient (Wildman–Crippen LogP) is 4.67. The van der Waals surface area contributed by atoms with Crippen LogP contribution < -0.4 is 11.1 Å². The molecule has 0 aliphatic heterocycles. The van der Waals surface area contributed by atoms with E-state index in [9.17, 15) is 4.79 Å². The van der Waals surface area contributed by atoms with Gasteiger partial charge in [-0.05, 0) is 13.3 Å². The van der Waals surface area contributed by atoms with E-state index in [2.05, 4.69) is 15.4 Å². The highest BCUT2D eigenvalue weighted by Crippen LogP contribution is 2.28. The van der Waals surface area contributed by atoms with Gasteiger partial charge in [-0.1, -0.05) is 48.5 Å². The summed E-state index contributed by atoms with van der Waals surface area (Å²) in [6.07, 6.45) is 2.67. The van der Waals surface area contributed by atoms with E-state index < -0.39 is 5.91 Å². The fraction of sp³-hybridized carbons (Fsp3) is 0.588. The lowest BCUT2D eigenvalue weighted by atomic mass is 10.3. The second-order valence-corrected chi connectivity index (χ2v) is 5.05. The minimum Gasteiger partial charge on any atom is -0.364 e. The molecule has 0 spiro atoms. The van der Waals surface area contributed by atoms with Crippen molar-refractivity contribution in [2.24, 2.45) is 12.8 Å². The summed E-state index contributed by atoms with van der Waals surface area (Å²) in [5.74, 6) is 0.188. The van der Waals surface area contributed by atoms with E-state index in [0.29, 0.717) is 10.8 Å². The Bertz CT molecular complexity index is 590. The van der Waals surface area contributed by atoms with Crippen LogP contribution >= 0.6 is 11.3 Å². The van der Waals surface area contributed by atoms with Crippen LogP contribution in [0.2, 0.25) is 0 Å². The fourth-order valence-corrected chi connectivity index (χ4v) is 2.51. The van der Waals surface area contributed by atoms with Gasteiger partial charge in [0.25, 0.3) is 5.91 Å². The van der Waals surface area contributed by atoms with E-state index in [-0.39, 0.29) is 5.69 Å². The molecule has 2 aromatic rings. The molecule has 7 heteroatoms. The van der Waals surface area contributed by atoms with Crippen LogP contribution in [0, 0.1) is 6.92 Å². The van der Waals surface area contributed by atoms with Crippen molar-refractivity contribution in [1.82, 2.24) is 14.8 Å². The van der Waals surface area contributed by atoms with E-state index >= 15 is 0 Å². The minimum atomic E-state index is -0.526. The number of nitrogens with two attached hydrogens (primary N) is 1. The lowest BCUT2D eigenvalue weighted by Crippen LogP contribution is -2.13. The summed E-state index contributed by atoms with van der Waals surface area (Å²) < 4.78 is 1.71. The molecule has 2 heterocycles. The fourth-order valence-electron chi connectivity index (χ4n) is 1.61. The first-order valence-corrected chi connectivity index (χ1v) is 9.39. The van der Waals surface area contributed by atoms with Gasteiger partial charge in [-0.2, -0.15) is 5.10 Å². The second-order valence-electron chi connectivity index (χ2n) is 3.96. The standard InChI is InChI=1S/C11H15N5OS.3C2H6/c1-4-7-13-8(9(12)17)11(18-7)14-10-6(2)5-16(3)15-10;3*1-2/h5H,4H2,1-3H3,(H2,12,17)(H,14,15);3*1-2H3. The van der Waals surface area contributed by atoms with Crippen molar-refractivity contribution in [1.29, 1.82) is 0 Å². The van der Waals surface area contributed by atoms with Crippen molar-refractivity contribution in [3.63, 3.8) is 0 Å². The van der Waals surface area contributed by atoms with Gasteiger partial charge in [-0.25, -0.2) is 4.98 Å².